The predicted octanol–water partition coefficient (Wildman–Crippen LogP) is 16.7. The molecule has 0 aliphatic carbocycles. The van der Waals surface area contributed by atoms with Crippen LogP contribution < -0.4 is 4.90 Å². The van der Waals surface area contributed by atoms with Crippen LogP contribution in [0.2, 0.25) is 0 Å². The third-order valence-corrected chi connectivity index (χ3v) is 12.2. The van der Waals surface area contributed by atoms with Gasteiger partial charge in [0.15, 0.2) is 0 Å². The van der Waals surface area contributed by atoms with E-state index in [-0.39, 0.29) is 0 Å². The van der Waals surface area contributed by atoms with E-state index in [4.69, 9.17) is 4.42 Å². The molecule has 2 heteroatoms. The van der Waals surface area contributed by atoms with Crippen molar-refractivity contribution < 1.29 is 4.42 Å². The van der Waals surface area contributed by atoms with Gasteiger partial charge in [-0.3, -0.25) is 0 Å². The number of fused-ring (bicyclic) bond motifs is 9. The quantitative estimate of drug-likeness (QED) is 0.157. The maximum atomic E-state index is 6.50. The molecule has 0 saturated carbocycles. The Kier molecular flexibility index (Phi) is 7.89. The van der Waals surface area contributed by atoms with Crippen LogP contribution in [0.15, 0.2) is 229 Å². The summed E-state index contributed by atoms with van der Waals surface area (Å²) < 4.78 is 6.50. The van der Waals surface area contributed by atoms with Crippen LogP contribution in [0, 0.1) is 0 Å². The molecule has 0 fully saturated rings. The maximum Gasteiger partial charge on any atom is 0.137 e. The summed E-state index contributed by atoms with van der Waals surface area (Å²) in [6, 6.07) is 81.3. The van der Waals surface area contributed by atoms with Gasteiger partial charge in [-0.15, -0.1) is 0 Å². The fourth-order valence-electron chi connectivity index (χ4n) is 9.57. The molecule has 0 aliphatic rings. The highest BCUT2D eigenvalue weighted by Crippen LogP contribution is 2.49. The monoisotopic (exact) mass is 763 g/mol. The van der Waals surface area contributed by atoms with Gasteiger partial charge in [-0.1, -0.05) is 182 Å². The second-order valence-corrected chi connectivity index (χ2v) is 15.6. The van der Waals surface area contributed by atoms with Crippen molar-refractivity contribution in [1.29, 1.82) is 0 Å². The van der Waals surface area contributed by atoms with Gasteiger partial charge in [-0.25, -0.2) is 0 Å². The second-order valence-electron chi connectivity index (χ2n) is 15.6. The Balaban J connectivity index is 1.13. The minimum atomic E-state index is 0.865. The molecule has 1 heterocycles. The molecule has 0 atom stereocenters. The van der Waals surface area contributed by atoms with Crippen molar-refractivity contribution in [3.8, 4) is 33.4 Å². The van der Waals surface area contributed by atoms with Gasteiger partial charge in [0, 0.05) is 16.5 Å². The highest BCUT2D eigenvalue weighted by atomic mass is 16.3. The van der Waals surface area contributed by atoms with E-state index in [1.165, 1.54) is 65.3 Å². The molecule has 0 spiro atoms. The molecule has 0 bridgehead atoms. The molecule has 0 amide bonds. The van der Waals surface area contributed by atoms with Crippen molar-refractivity contribution in [2.45, 2.75) is 0 Å². The number of hydrogen-bond acceptors (Lipinski definition) is 2. The van der Waals surface area contributed by atoms with E-state index >= 15 is 0 Å². The van der Waals surface area contributed by atoms with Crippen LogP contribution in [0.25, 0.3) is 98.4 Å². The molecule has 0 aliphatic heterocycles. The molecule has 280 valence electrons. The van der Waals surface area contributed by atoms with E-state index in [0.29, 0.717) is 0 Å². The zero-order valence-electron chi connectivity index (χ0n) is 32.7. The lowest BCUT2D eigenvalue weighted by molar-refractivity contribution is 0.669. The van der Waals surface area contributed by atoms with Crippen molar-refractivity contribution in [1.82, 2.24) is 0 Å². The first-order valence-corrected chi connectivity index (χ1v) is 20.6. The smallest absolute Gasteiger partial charge is 0.137 e. The van der Waals surface area contributed by atoms with Gasteiger partial charge in [0.2, 0.25) is 0 Å². The van der Waals surface area contributed by atoms with Gasteiger partial charge in [0.25, 0.3) is 0 Å². The zero-order chi connectivity index (χ0) is 39.6. The minimum absolute atomic E-state index is 0.865. The Morgan fingerprint density at radius 3 is 1.58 bits per heavy atom. The minimum Gasteiger partial charge on any atom is -0.456 e. The first-order valence-electron chi connectivity index (χ1n) is 20.6. The number of para-hydroxylation sites is 1. The summed E-state index contributed by atoms with van der Waals surface area (Å²) >= 11 is 0. The lowest BCUT2D eigenvalue weighted by atomic mass is 9.84. The molecule has 12 aromatic rings. The SMILES string of the molecule is c1ccc(-c2c(-c3ccccc3)c3cc(-c4cccc(N(c5cc6ccccc6c6ccccc56)c5cccc6oc7ccccc7c56)c4)ccc3c3ccccc23)cc1. The van der Waals surface area contributed by atoms with E-state index in [1.54, 1.807) is 0 Å². The largest absolute Gasteiger partial charge is 0.456 e. The Bertz CT molecular complexity index is 3600. The van der Waals surface area contributed by atoms with Crippen LogP contribution in [0.4, 0.5) is 17.1 Å². The summed E-state index contributed by atoms with van der Waals surface area (Å²) in [4.78, 5) is 2.44. The highest BCUT2D eigenvalue weighted by molar-refractivity contribution is 6.22. The summed E-state index contributed by atoms with van der Waals surface area (Å²) in [7, 11) is 0. The van der Waals surface area contributed by atoms with E-state index in [2.05, 4.69) is 223 Å². The Morgan fingerprint density at radius 1 is 0.283 bits per heavy atom. The van der Waals surface area contributed by atoms with Gasteiger partial charge in [0.1, 0.15) is 11.2 Å². The van der Waals surface area contributed by atoms with E-state index in [0.717, 1.165) is 50.1 Å². The fraction of sp³-hybridized carbons (Fsp3) is 0. The molecule has 2 nitrogen and oxygen atoms in total. The Morgan fingerprint density at radius 2 is 0.817 bits per heavy atom. The van der Waals surface area contributed by atoms with Gasteiger partial charge in [0.05, 0.1) is 16.8 Å². The third kappa shape index (κ3) is 5.42. The number of anilines is 3. The number of furan rings is 1. The van der Waals surface area contributed by atoms with Gasteiger partial charge in [-0.05, 0) is 114 Å². The van der Waals surface area contributed by atoms with Gasteiger partial charge < -0.3 is 9.32 Å². The Labute approximate surface area is 347 Å². The number of hydrogen-bond donors (Lipinski definition) is 0. The summed E-state index contributed by atoms with van der Waals surface area (Å²) in [6.07, 6.45) is 0. The van der Waals surface area contributed by atoms with Crippen LogP contribution >= 0.6 is 0 Å². The molecule has 1 aromatic heterocycles. The van der Waals surface area contributed by atoms with E-state index in [9.17, 15) is 0 Å². The van der Waals surface area contributed by atoms with Crippen molar-refractivity contribution in [3.05, 3.63) is 224 Å². The standard InChI is InChI=1S/C58H37NO/c1-3-17-38(18-4-1)56-49-28-12-10-26-46(49)47-34-33-41(36-51(47)57(56)39-19-5-2-6-20-39)40-22-15-23-43(35-40)59(52-30-16-32-55-58(52)50-29-13-14-31-54(50)60-55)53-37-42-21-7-8-24-44(42)45-25-9-11-27-48(45)53/h1-37H. The molecule has 0 radical (unpaired) electrons. The summed E-state index contributed by atoms with van der Waals surface area (Å²) in [5.74, 6) is 0. The molecule has 0 N–H and O–H groups in total. The molecule has 12 rings (SSSR count). The van der Waals surface area contributed by atoms with Crippen molar-refractivity contribution in [3.63, 3.8) is 0 Å². The zero-order valence-corrected chi connectivity index (χ0v) is 32.7. The molecule has 11 aromatic carbocycles. The summed E-state index contributed by atoms with van der Waals surface area (Å²) in [5, 5.41) is 12.0. The lowest BCUT2D eigenvalue weighted by Gasteiger charge is -2.28. The maximum absolute atomic E-state index is 6.50. The van der Waals surface area contributed by atoms with Crippen molar-refractivity contribution in [2.75, 3.05) is 4.90 Å². The molecule has 60 heavy (non-hydrogen) atoms. The number of benzene rings is 11. The summed E-state index contributed by atoms with van der Waals surface area (Å²) in [5.41, 5.74) is 12.2. The number of rotatable bonds is 6. The van der Waals surface area contributed by atoms with Crippen LogP contribution in [-0.4, -0.2) is 0 Å². The van der Waals surface area contributed by atoms with Crippen molar-refractivity contribution in [2.24, 2.45) is 0 Å². The van der Waals surface area contributed by atoms with Gasteiger partial charge >= 0.3 is 0 Å². The average Bonchev–Trinajstić information content (AvgIpc) is 3.71. The van der Waals surface area contributed by atoms with Crippen LogP contribution in [0.1, 0.15) is 0 Å². The summed E-state index contributed by atoms with van der Waals surface area (Å²) in [6.45, 7) is 0. The number of nitrogens with zero attached hydrogens (tertiary/aromatic N) is 1. The second kappa shape index (κ2) is 13.9. The van der Waals surface area contributed by atoms with Crippen molar-refractivity contribution >= 4 is 82.1 Å². The fourth-order valence-corrected chi connectivity index (χ4v) is 9.57. The Hall–Kier alpha value is -7.94. The normalized spacial score (nSPS) is 11.7. The van der Waals surface area contributed by atoms with Gasteiger partial charge in [-0.2, -0.15) is 0 Å². The van der Waals surface area contributed by atoms with E-state index in [1.807, 2.05) is 6.07 Å². The van der Waals surface area contributed by atoms with E-state index < -0.39 is 0 Å². The molecule has 0 unspecified atom stereocenters. The highest BCUT2D eigenvalue weighted by Gasteiger charge is 2.23. The van der Waals surface area contributed by atoms with Crippen LogP contribution in [-0.2, 0) is 0 Å². The molecular weight excluding hydrogens is 727 g/mol. The lowest BCUT2D eigenvalue weighted by Crippen LogP contribution is -2.11. The first kappa shape index (κ1) is 34.1. The average molecular weight is 764 g/mol. The third-order valence-electron chi connectivity index (χ3n) is 12.2. The molecule has 0 saturated heterocycles. The molecular formula is C58H37NO. The predicted molar refractivity (Wildman–Crippen MR) is 255 cm³/mol. The first-order chi connectivity index (χ1) is 29.8. The van der Waals surface area contributed by atoms with Crippen LogP contribution in [0.5, 0.6) is 0 Å². The van der Waals surface area contributed by atoms with Crippen LogP contribution in [0.3, 0.4) is 0 Å². The topological polar surface area (TPSA) is 16.4 Å².